The van der Waals surface area contributed by atoms with E-state index in [1.54, 1.807) is 37.3 Å². The lowest BCUT2D eigenvalue weighted by molar-refractivity contribution is 0.104. The molecule has 3 aromatic rings. The molecule has 0 aliphatic heterocycles. The van der Waals surface area contributed by atoms with E-state index in [-0.39, 0.29) is 12.3 Å². The summed E-state index contributed by atoms with van der Waals surface area (Å²) in [6.45, 7) is 3.80. The highest BCUT2D eigenvalue weighted by molar-refractivity contribution is 7.89. The minimum absolute atomic E-state index is 0.0325. The Kier molecular flexibility index (Phi) is 5.19. The van der Waals surface area contributed by atoms with E-state index in [1.807, 2.05) is 23.8 Å². The van der Waals surface area contributed by atoms with Gasteiger partial charge in [-0.3, -0.25) is 4.79 Å². The quantitative estimate of drug-likeness (QED) is 0.643. The molecule has 0 aliphatic rings. The van der Waals surface area contributed by atoms with Crippen molar-refractivity contribution in [3.63, 3.8) is 0 Å². The number of nitrogens with one attached hydrogen (secondary N) is 1. The fourth-order valence-corrected chi connectivity index (χ4v) is 5.34. The van der Waals surface area contributed by atoms with E-state index >= 15 is 0 Å². The summed E-state index contributed by atoms with van der Waals surface area (Å²) in [5.74, 6) is -0.0325. The van der Waals surface area contributed by atoms with Gasteiger partial charge in [-0.25, -0.2) is 13.1 Å². The van der Waals surface area contributed by atoms with Gasteiger partial charge in [0.15, 0.2) is 0 Å². The third-order valence-electron chi connectivity index (χ3n) is 3.74. The Hall–Kier alpha value is -1.80. The molecule has 4 nitrogen and oxygen atoms in total. The van der Waals surface area contributed by atoms with Gasteiger partial charge >= 0.3 is 0 Å². The van der Waals surface area contributed by atoms with Crippen LogP contribution >= 0.6 is 22.7 Å². The normalized spacial score (nSPS) is 11.6. The molecule has 0 atom stereocenters. The minimum Gasteiger partial charge on any atom is -0.288 e. The number of hydrogen-bond donors (Lipinski definition) is 1. The van der Waals surface area contributed by atoms with Gasteiger partial charge in [0.25, 0.3) is 0 Å². The second-order valence-electron chi connectivity index (χ2n) is 5.70. The van der Waals surface area contributed by atoms with E-state index in [0.29, 0.717) is 20.9 Å². The average Bonchev–Trinajstić information content (AvgIpc) is 3.26. The summed E-state index contributed by atoms with van der Waals surface area (Å²) in [6.07, 6.45) is 0. The van der Waals surface area contributed by atoms with E-state index in [2.05, 4.69) is 4.72 Å². The fourth-order valence-electron chi connectivity index (χ4n) is 2.37. The van der Waals surface area contributed by atoms with Crippen molar-refractivity contribution in [1.82, 2.24) is 4.72 Å². The molecule has 3 rings (SSSR count). The molecule has 0 bridgehead atoms. The van der Waals surface area contributed by atoms with Crippen LogP contribution in [-0.4, -0.2) is 14.2 Å². The first-order chi connectivity index (χ1) is 11.9. The second-order valence-corrected chi connectivity index (χ2v) is 9.38. The van der Waals surface area contributed by atoms with Crippen LogP contribution in [-0.2, 0) is 16.6 Å². The van der Waals surface area contributed by atoms with Gasteiger partial charge in [0.2, 0.25) is 15.8 Å². The number of rotatable bonds is 6. The Morgan fingerprint density at radius 3 is 2.64 bits per heavy atom. The fraction of sp³-hybridized carbons (Fsp3) is 0.167. The number of aryl methyl sites for hydroxylation is 2. The monoisotopic (exact) mass is 391 g/mol. The highest BCUT2D eigenvalue weighted by atomic mass is 32.2. The molecule has 7 heteroatoms. The van der Waals surface area contributed by atoms with Gasteiger partial charge in [-0.1, -0.05) is 12.1 Å². The molecule has 0 saturated carbocycles. The first kappa shape index (κ1) is 18.0. The Morgan fingerprint density at radius 1 is 1.12 bits per heavy atom. The number of benzene rings is 1. The lowest BCUT2D eigenvalue weighted by Gasteiger charge is -2.09. The van der Waals surface area contributed by atoms with Gasteiger partial charge in [-0.05, 0) is 54.6 Å². The molecule has 0 saturated heterocycles. The highest BCUT2D eigenvalue weighted by Gasteiger charge is 2.18. The van der Waals surface area contributed by atoms with Crippen molar-refractivity contribution in [2.24, 2.45) is 0 Å². The third-order valence-corrected chi connectivity index (χ3v) is 7.05. The number of hydrogen-bond acceptors (Lipinski definition) is 5. The van der Waals surface area contributed by atoms with Crippen molar-refractivity contribution in [3.05, 3.63) is 73.6 Å². The summed E-state index contributed by atoms with van der Waals surface area (Å²) < 4.78 is 27.7. The molecule has 1 N–H and O–H groups in total. The molecule has 2 heterocycles. The number of sulfonamides is 1. The molecule has 0 amide bonds. The van der Waals surface area contributed by atoms with Crippen LogP contribution in [0.15, 0.2) is 52.1 Å². The van der Waals surface area contributed by atoms with Gasteiger partial charge in [0, 0.05) is 22.4 Å². The Balaban J connectivity index is 1.74. The Bertz CT molecular complexity index is 1000. The first-order valence-electron chi connectivity index (χ1n) is 7.59. The van der Waals surface area contributed by atoms with Gasteiger partial charge in [0.05, 0.1) is 9.77 Å². The largest absolute Gasteiger partial charge is 0.288 e. The summed E-state index contributed by atoms with van der Waals surface area (Å²) >= 11 is 2.79. The number of carbonyl (C=O) groups is 1. The molecular formula is C18H17NO3S3. The summed E-state index contributed by atoms with van der Waals surface area (Å²) in [5.41, 5.74) is 2.26. The molecule has 0 aliphatic carbocycles. The first-order valence-corrected chi connectivity index (χ1v) is 10.8. The number of carbonyl (C=O) groups excluding carboxylic acids is 1. The van der Waals surface area contributed by atoms with Crippen molar-refractivity contribution in [3.8, 4) is 0 Å². The lowest BCUT2D eigenvalue weighted by atomic mass is 10.2. The molecule has 25 heavy (non-hydrogen) atoms. The van der Waals surface area contributed by atoms with Crippen molar-refractivity contribution in [2.75, 3.05) is 0 Å². The summed E-state index contributed by atoms with van der Waals surface area (Å²) in [4.78, 5) is 14.0. The SMILES string of the molecule is Cc1ccc(C)c(S(=O)(=O)NCc2ccc(C(=O)c3ccsc3)s2)c1. The average molecular weight is 392 g/mol. The minimum atomic E-state index is -3.59. The Labute approximate surface area is 155 Å². The maximum atomic E-state index is 12.5. The highest BCUT2D eigenvalue weighted by Crippen LogP contribution is 2.22. The van der Waals surface area contributed by atoms with Crippen LogP contribution in [0, 0.1) is 13.8 Å². The zero-order valence-electron chi connectivity index (χ0n) is 13.8. The summed E-state index contributed by atoms with van der Waals surface area (Å²) in [5, 5.41) is 3.67. The van der Waals surface area contributed by atoms with Crippen LogP contribution in [0.3, 0.4) is 0 Å². The lowest BCUT2D eigenvalue weighted by Crippen LogP contribution is -2.23. The molecule has 2 aromatic heterocycles. The zero-order chi connectivity index (χ0) is 18.0. The number of ketones is 1. The van der Waals surface area contributed by atoms with E-state index in [1.165, 1.54) is 22.7 Å². The summed E-state index contributed by atoms with van der Waals surface area (Å²) in [6, 6.07) is 10.7. The van der Waals surface area contributed by atoms with Crippen molar-refractivity contribution in [2.45, 2.75) is 25.3 Å². The van der Waals surface area contributed by atoms with Crippen molar-refractivity contribution < 1.29 is 13.2 Å². The molecular weight excluding hydrogens is 374 g/mol. The molecule has 0 unspecified atom stereocenters. The van der Waals surface area contributed by atoms with Crippen molar-refractivity contribution in [1.29, 1.82) is 0 Å². The predicted molar refractivity (Wildman–Crippen MR) is 102 cm³/mol. The molecule has 1 aromatic carbocycles. The van der Waals surface area contributed by atoms with Gasteiger partial charge < -0.3 is 0 Å². The van der Waals surface area contributed by atoms with E-state index in [9.17, 15) is 13.2 Å². The Morgan fingerprint density at radius 2 is 1.92 bits per heavy atom. The van der Waals surface area contributed by atoms with Crippen LogP contribution in [0.25, 0.3) is 0 Å². The smallest absolute Gasteiger partial charge is 0.241 e. The number of thiophene rings is 2. The van der Waals surface area contributed by atoms with Crippen LogP contribution in [0.1, 0.15) is 31.2 Å². The van der Waals surface area contributed by atoms with Crippen LogP contribution in [0.4, 0.5) is 0 Å². The second kappa shape index (κ2) is 7.21. The van der Waals surface area contributed by atoms with Crippen LogP contribution < -0.4 is 4.72 Å². The third kappa shape index (κ3) is 4.07. The maximum absolute atomic E-state index is 12.5. The molecule has 0 fully saturated rings. The topological polar surface area (TPSA) is 63.2 Å². The molecule has 0 radical (unpaired) electrons. The van der Waals surface area contributed by atoms with Gasteiger partial charge in [-0.15, -0.1) is 11.3 Å². The standard InChI is InChI=1S/C18H17NO3S3/c1-12-3-4-13(2)17(9-12)25(21,22)19-10-15-5-6-16(24-15)18(20)14-7-8-23-11-14/h3-9,11,19H,10H2,1-2H3. The maximum Gasteiger partial charge on any atom is 0.241 e. The molecule has 0 spiro atoms. The molecule has 130 valence electrons. The zero-order valence-corrected chi connectivity index (χ0v) is 16.2. The van der Waals surface area contributed by atoms with Gasteiger partial charge in [-0.2, -0.15) is 11.3 Å². The van der Waals surface area contributed by atoms with Crippen molar-refractivity contribution >= 4 is 38.5 Å². The predicted octanol–water partition coefficient (Wildman–Crippen LogP) is 4.14. The summed E-state index contributed by atoms with van der Waals surface area (Å²) in [7, 11) is -3.59. The van der Waals surface area contributed by atoms with E-state index < -0.39 is 10.0 Å². The van der Waals surface area contributed by atoms with E-state index in [0.717, 1.165) is 10.4 Å². The van der Waals surface area contributed by atoms with E-state index in [4.69, 9.17) is 0 Å². The van der Waals surface area contributed by atoms with Crippen LogP contribution in [0.5, 0.6) is 0 Å². The van der Waals surface area contributed by atoms with Crippen LogP contribution in [0.2, 0.25) is 0 Å². The van der Waals surface area contributed by atoms with Gasteiger partial charge in [0.1, 0.15) is 0 Å².